The molecule has 0 aliphatic carbocycles. The van der Waals surface area contributed by atoms with E-state index in [9.17, 15) is 21.6 Å². The molecule has 8 nitrogen and oxygen atoms in total. The summed E-state index contributed by atoms with van der Waals surface area (Å²) in [5, 5.41) is 3.45. The van der Waals surface area contributed by atoms with Crippen LogP contribution in [0, 0.1) is 5.92 Å². The minimum atomic E-state index is -3.79. The number of benzene rings is 3. The van der Waals surface area contributed by atoms with Crippen LogP contribution < -0.4 is 10.0 Å². The van der Waals surface area contributed by atoms with Crippen LogP contribution in [0.4, 0.5) is 11.4 Å². The highest BCUT2D eigenvalue weighted by atomic mass is 35.5. The third-order valence-electron chi connectivity index (χ3n) is 5.96. The smallest absolute Gasteiger partial charge is 0.261 e. The summed E-state index contributed by atoms with van der Waals surface area (Å²) >= 11 is 12.0. The minimum absolute atomic E-state index is 0.0464. The van der Waals surface area contributed by atoms with E-state index < -0.39 is 26.0 Å². The first-order valence-electron chi connectivity index (χ1n) is 11.4. The van der Waals surface area contributed by atoms with Crippen LogP contribution in [0.2, 0.25) is 10.0 Å². The lowest BCUT2D eigenvalue weighted by Gasteiger charge is -2.31. The molecule has 0 saturated carbocycles. The zero-order chi connectivity index (χ0) is 26.6. The van der Waals surface area contributed by atoms with Gasteiger partial charge in [-0.25, -0.2) is 21.1 Å². The molecule has 1 fully saturated rings. The number of hydrogen-bond donors (Lipinski definition) is 2. The van der Waals surface area contributed by atoms with E-state index in [2.05, 4.69) is 10.0 Å². The van der Waals surface area contributed by atoms with Crippen LogP contribution in [-0.2, 0) is 30.6 Å². The van der Waals surface area contributed by atoms with Crippen molar-refractivity contribution in [3.8, 4) is 0 Å². The SMILES string of the molecule is O=C(Nc1ccc(S(=O)(=O)Nc2ccccc2)cc1)[C@@H]1CCCN(S(=O)(=O)Cc2ccc(Cl)cc2Cl)C1. The van der Waals surface area contributed by atoms with Gasteiger partial charge in [0.05, 0.1) is 16.6 Å². The van der Waals surface area contributed by atoms with Crippen molar-refractivity contribution in [2.24, 2.45) is 5.92 Å². The molecule has 3 aromatic carbocycles. The van der Waals surface area contributed by atoms with Crippen molar-refractivity contribution in [1.29, 1.82) is 0 Å². The van der Waals surface area contributed by atoms with Gasteiger partial charge in [-0.15, -0.1) is 0 Å². The Morgan fingerprint density at radius 2 is 1.62 bits per heavy atom. The fraction of sp³-hybridized carbons (Fsp3) is 0.240. The van der Waals surface area contributed by atoms with Gasteiger partial charge in [0.25, 0.3) is 10.0 Å². The number of anilines is 2. The van der Waals surface area contributed by atoms with E-state index in [4.69, 9.17) is 23.2 Å². The largest absolute Gasteiger partial charge is 0.326 e. The van der Waals surface area contributed by atoms with Gasteiger partial charge in [-0.05, 0) is 66.9 Å². The van der Waals surface area contributed by atoms with Crippen molar-refractivity contribution in [1.82, 2.24) is 4.31 Å². The first-order chi connectivity index (χ1) is 17.5. The molecule has 0 bridgehead atoms. The summed E-state index contributed by atoms with van der Waals surface area (Å²) in [6, 6.07) is 19.0. The van der Waals surface area contributed by atoms with Gasteiger partial charge in [-0.1, -0.05) is 47.5 Å². The Morgan fingerprint density at radius 3 is 2.30 bits per heavy atom. The molecule has 1 atom stereocenters. The van der Waals surface area contributed by atoms with E-state index in [0.717, 1.165) is 0 Å². The standard InChI is InChI=1S/C25H25Cl2N3O5S2/c26-20-9-8-19(24(27)15-20)17-36(32,33)30-14-4-5-18(16-30)25(31)28-21-10-12-23(13-11-21)37(34,35)29-22-6-2-1-3-7-22/h1-3,6-13,15,18,29H,4-5,14,16-17H2,(H,28,31)/t18-/m1/s1. The molecule has 1 heterocycles. The predicted octanol–water partition coefficient (Wildman–Crippen LogP) is 4.97. The van der Waals surface area contributed by atoms with Crippen LogP contribution in [0.3, 0.4) is 0 Å². The van der Waals surface area contributed by atoms with Gasteiger partial charge >= 0.3 is 0 Å². The molecule has 196 valence electrons. The first-order valence-corrected chi connectivity index (χ1v) is 15.3. The number of piperidine rings is 1. The van der Waals surface area contributed by atoms with Gasteiger partial charge in [0.2, 0.25) is 15.9 Å². The Bertz CT molecular complexity index is 1480. The maximum absolute atomic E-state index is 13.0. The van der Waals surface area contributed by atoms with E-state index in [1.165, 1.54) is 34.6 Å². The average molecular weight is 583 g/mol. The number of carbonyl (C=O) groups is 1. The van der Waals surface area contributed by atoms with Crippen molar-refractivity contribution in [3.63, 3.8) is 0 Å². The van der Waals surface area contributed by atoms with Gasteiger partial charge in [-0.2, -0.15) is 0 Å². The Kier molecular flexibility index (Phi) is 8.45. The number of rotatable bonds is 8. The van der Waals surface area contributed by atoms with E-state index >= 15 is 0 Å². The maximum Gasteiger partial charge on any atom is 0.261 e. The quantitative estimate of drug-likeness (QED) is 0.389. The first kappa shape index (κ1) is 27.4. The number of halogens is 2. The van der Waals surface area contributed by atoms with Crippen LogP contribution in [0.1, 0.15) is 18.4 Å². The number of hydrogen-bond acceptors (Lipinski definition) is 5. The molecular formula is C25H25Cl2N3O5S2. The molecule has 12 heteroatoms. The number of sulfonamides is 2. The highest BCUT2D eigenvalue weighted by molar-refractivity contribution is 7.92. The van der Waals surface area contributed by atoms with Gasteiger partial charge < -0.3 is 5.32 Å². The topological polar surface area (TPSA) is 113 Å². The normalized spacial score (nSPS) is 16.8. The molecule has 2 N–H and O–H groups in total. The molecular weight excluding hydrogens is 557 g/mol. The van der Waals surface area contributed by atoms with Crippen LogP contribution in [0.5, 0.6) is 0 Å². The van der Waals surface area contributed by atoms with E-state index in [1.54, 1.807) is 42.5 Å². The summed E-state index contributed by atoms with van der Waals surface area (Å²) < 4.78 is 55.1. The highest BCUT2D eigenvalue weighted by Gasteiger charge is 2.33. The number of nitrogens with one attached hydrogen (secondary N) is 2. The molecule has 0 spiro atoms. The second-order valence-corrected chi connectivity index (χ2v) is 13.2. The fourth-order valence-corrected chi connectivity index (χ4v) is 7.27. The summed E-state index contributed by atoms with van der Waals surface area (Å²) in [5.74, 6) is -1.17. The molecule has 0 aromatic heterocycles. The summed E-state index contributed by atoms with van der Waals surface area (Å²) in [6.07, 6.45) is 1.07. The molecule has 37 heavy (non-hydrogen) atoms. The molecule has 0 unspecified atom stereocenters. The Morgan fingerprint density at radius 1 is 0.919 bits per heavy atom. The zero-order valence-corrected chi connectivity index (χ0v) is 22.7. The van der Waals surface area contributed by atoms with E-state index in [1.807, 2.05) is 0 Å². The summed E-state index contributed by atoms with van der Waals surface area (Å²) in [5.41, 5.74) is 1.29. The third-order valence-corrected chi connectivity index (χ3v) is 9.74. The fourth-order valence-electron chi connectivity index (χ4n) is 4.02. The van der Waals surface area contributed by atoms with Crippen LogP contribution >= 0.6 is 23.2 Å². The van der Waals surface area contributed by atoms with Crippen molar-refractivity contribution in [2.45, 2.75) is 23.5 Å². The van der Waals surface area contributed by atoms with Crippen molar-refractivity contribution < 1.29 is 21.6 Å². The molecule has 1 aliphatic heterocycles. The maximum atomic E-state index is 13.0. The minimum Gasteiger partial charge on any atom is -0.326 e. The zero-order valence-electron chi connectivity index (χ0n) is 19.6. The van der Waals surface area contributed by atoms with Crippen molar-refractivity contribution in [3.05, 3.63) is 88.4 Å². The molecule has 1 amide bonds. The number of nitrogens with zero attached hydrogens (tertiary/aromatic N) is 1. The van der Waals surface area contributed by atoms with E-state index in [-0.39, 0.29) is 28.1 Å². The van der Waals surface area contributed by atoms with Crippen molar-refractivity contribution in [2.75, 3.05) is 23.1 Å². The lowest BCUT2D eigenvalue weighted by molar-refractivity contribution is -0.120. The lowest BCUT2D eigenvalue weighted by atomic mass is 9.99. The number of carbonyl (C=O) groups excluding carboxylic acids is 1. The molecule has 1 saturated heterocycles. The summed E-state index contributed by atoms with van der Waals surface area (Å²) in [4.78, 5) is 13.0. The second-order valence-electron chi connectivity index (χ2n) is 8.67. The predicted molar refractivity (Wildman–Crippen MR) is 146 cm³/mol. The third kappa shape index (κ3) is 7.03. The Hall–Kier alpha value is -2.63. The summed E-state index contributed by atoms with van der Waals surface area (Å²) in [7, 11) is -7.49. The average Bonchev–Trinajstić information content (AvgIpc) is 2.86. The number of amides is 1. The van der Waals surface area contributed by atoms with Crippen LogP contribution in [0.15, 0.2) is 77.7 Å². The van der Waals surface area contributed by atoms with Crippen LogP contribution in [-0.4, -0.2) is 40.1 Å². The van der Waals surface area contributed by atoms with Gasteiger partial charge in [0, 0.05) is 34.5 Å². The summed E-state index contributed by atoms with van der Waals surface area (Å²) in [6.45, 7) is 0.366. The highest BCUT2D eigenvalue weighted by Crippen LogP contribution is 2.27. The number of para-hydroxylation sites is 1. The Balaban J connectivity index is 1.38. The van der Waals surface area contributed by atoms with E-state index in [0.29, 0.717) is 41.3 Å². The van der Waals surface area contributed by atoms with Gasteiger partial charge in [0.15, 0.2) is 0 Å². The monoisotopic (exact) mass is 581 g/mol. The van der Waals surface area contributed by atoms with Crippen molar-refractivity contribution >= 4 is 60.5 Å². The lowest BCUT2D eigenvalue weighted by Crippen LogP contribution is -2.44. The molecule has 3 aromatic rings. The van der Waals surface area contributed by atoms with Gasteiger partial charge in [0.1, 0.15) is 0 Å². The molecule has 1 aliphatic rings. The van der Waals surface area contributed by atoms with Crippen LogP contribution in [0.25, 0.3) is 0 Å². The van der Waals surface area contributed by atoms with Gasteiger partial charge in [-0.3, -0.25) is 9.52 Å². The second kappa shape index (κ2) is 11.4. The Labute approximate surface area is 226 Å². The molecule has 0 radical (unpaired) electrons. The molecule has 4 rings (SSSR count).